The monoisotopic (exact) mass is 341 g/mol. The van der Waals surface area contributed by atoms with Crippen LogP contribution in [0.15, 0.2) is 47.2 Å². The minimum Gasteiger partial charge on any atom is -0.377 e. The van der Waals surface area contributed by atoms with Gasteiger partial charge in [0.05, 0.1) is 13.1 Å². The Balaban J connectivity index is 1.68. The van der Waals surface area contributed by atoms with Gasteiger partial charge in [-0.2, -0.15) is 10.1 Å². The highest BCUT2D eigenvalue weighted by molar-refractivity contribution is 5.27. The molecule has 1 aromatic carbocycles. The lowest BCUT2D eigenvalue weighted by molar-refractivity contribution is 0.174. The molecule has 0 amide bonds. The van der Waals surface area contributed by atoms with Crippen LogP contribution in [0.5, 0.6) is 0 Å². The summed E-state index contributed by atoms with van der Waals surface area (Å²) in [4.78, 5) is 6.62. The molecule has 0 aliphatic rings. The number of rotatable bonds is 9. The van der Waals surface area contributed by atoms with E-state index in [0.29, 0.717) is 24.9 Å². The predicted octanol–water partition coefficient (Wildman–Crippen LogP) is 2.48. The van der Waals surface area contributed by atoms with E-state index in [9.17, 15) is 0 Å². The number of ether oxygens (including phenoxy) is 1. The average Bonchev–Trinajstić information content (AvgIpc) is 3.28. The Labute approximate surface area is 147 Å². The summed E-state index contributed by atoms with van der Waals surface area (Å²) in [5, 5.41) is 8.22. The lowest BCUT2D eigenvalue weighted by Crippen LogP contribution is -2.23. The van der Waals surface area contributed by atoms with Crippen LogP contribution >= 0.6 is 0 Å². The summed E-state index contributed by atoms with van der Waals surface area (Å²) in [6.45, 7) is 5.57. The van der Waals surface area contributed by atoms with Gasteiger partial charge in [-0.15, -0.1) is 0 Å². The molecule has 2 heterocycles. The van der Waals surface area contributed by atoms with Crippen LogP contribution in [-0.4, -0.2) is 38.5 Å². The fourth-order valence-electron chi connectivity index (χ4n) is 2.69. The van der Waals surface area contributed by atoms with E-state index >= 15 is 0 Å². The standard InChI is InChI=1S/C18H23N5O2/c1-3-22(13-18-20-17(14-24-2)21-25-18)11-15-7-4-5-8-16(15)12-23-10-6-9-19-23/h4-10H,3,11-14H2,1-2H3. The number of nitrogens with zero attached hydrogens (tertiary/aromatic N) is 5. The van der Waals surface area contributed by atoms with Crippen molar-refractivity contribution in [1.82, 2.24) is 24.8 Å². The molecule has 0 saturated carbocycles. The van der Waals surface area contributed by atoms with Gasteiger partial charge in [0.1, 0.15) is 6.61 Å². The summed E-state index contributed by atoms with van der Waals surface area (Å²) in [6.07, 6.45) is 3.78. The summed E-state index contributed by atoms with van der Waals surface area (Å²) in [5.74, 6) is 1.19. The first-order valence-corrected chi connectivity index (χ1v) is 8.35. The van der Waals surface area contributed by atoms with Crippen molar-refractivity contribution in [2.45, 2.75) is 33.2 Å². The van der Waals surface area contributed by atoms with Gasteiger partial charge in [-0.3, -0.25) is 9.58 Å². The second kappa shape index (κ2) is 8.55. The molecule has 0 radical (unpaired) electrons. The predicted molar refractivity (Wildman–Crippen MR) is 92.6 cm³/mol. The van der Waals surface area contributed by atoms with Crippen molar-refractivity contribution in [2.24, 2.45) is 0 Å². The molecule has 0 aliphatic carbocycles. The van der Waals surface area contributed by atoms with Gasteiger partial charge in [0, 0.05) is 26.0 Å². The van der Waals surface area contributed by atoms with E-state index < -0.39 is 0 Å². The lowest BCUT2D eigenvalue weighted by Gasteiger charge is -2.20. The molecule has 0 saturated heterocycles. The van der Waals surface area contributed by atoms with Gasteiger partial charge < -0.3 is 9.26 Å². The smallest absolute Gasteiger partial charge is 0.240 e. The molecule has 0 aliphatic heterocycles. The molecule has 0 N–H and O–H groups in total. The summed E-state index contributed by atoms with van der Waals surface area (Å²) >= 11 is 0. The van der Waals surface area contributed by atoms with Crippen molar-refractivity contribution in [3.8, 4) is 0 Å². The van der Waals surface area contributed by atoms with E-state index in [1.165, 1.54) is 11.1 Å². The largest absolute Gasteiger partial charge is 0.377 e. The molecular formula is C18H23N5O2. The molecule has 7 nitrogen and oxygen atoms in total. The van der Waals surface area contributed by atoms with Gasteiger partial charge in [-0.25, -0.2) is 0 Å². The highest BCUT2D eigenvalue weighted by atomic mass is 16.5. The van der Waals surface area contributed by atoms with Crippen LogP contribution in [0.1, 0.15) is 29.8 Å². The lowest BCUT2D eigenvalue weighted by atomic mass is 10.1. The molecular weight excluding hydrogens is 318 g/mol. The van der Waals surface area contributed by atoms with Crippen molar-refractivity contribution in [3.05, 3.63) is 65.6 Å². The third-order valence-corrected chi connectivity index (χ3v) is 3.99. The van der Waals surface area contributed by atoms with E-state index in [1.54, 1.807) is 13.3 Å². The van der Waals surface area contributed by atoms with Gasteiger partial charge in [0.2, 0.25) is 5.89 Å². The second-order valence-corrected chi connectivity index (χ2v) is 5.81. The zero-order valence-corrected chi connectivity index (χ0v) is 14.6. The molecule has 0 bridgehead atoms. The third kappa shape index (κ3) is 4.74. The Morgan fingerprint density at radius 2 is 2.00 bits per heavy atom. The van der Waals surface area contributed by atoms with E-state index in [4.69, 9.17) is 9.26 Å². The number of hydrogen-bond acceptors (Lipinski definition) is 6. The topological polar surface area (TPSA) is 69.2 Å². The van der Waals surface area contributed by atoms with Crippen molar-refractivity contribution in [2.75, 3.05) is 13.7 Å². The Morgan fingerprint density at radius 3 is 2.72 bits per heavy atom. The zero-order chi connectivity index (χ0) is 17.5. The molecule has 2 aromatic heterocycles. The van der Waals surface area contributed by atoms with E-state index in [1.807, 2.05) is 16.9 Å². The van der Waals surface area contributed by atoms with Gasteiger partial charge in [-0.05, 0) is 23.7 Å². The molecule has 0 fully saturated rings. The van der Waals surface area contributed by atoms with Crippen LogP contribution in [0, 0.1) is 0 Å². The zero-order valence-electron chi connectivity index (χ0n) is 14.6. The SMILES string of the molecule is CCN(Cc1nc(COC)no1)Cc1ccccc1Cn1cccn1. The molecule has 0 unspecified atom stereocenters. The van der Waals surface area contributed by atoms with Gasteiger partial charge in [0.15, 0.2) is 5.82 Å². The second-order valence-electron chi connectivity index (χ2n) is 5.81. The summed E-state index contributed by atoms with van der Waals surface area (Å²) in [7, 11) is 1.62. The Kier molecular flexibility index (Phi) is 5.92. The fourth-order valence-corrected chi connectivity index (χ4v) is 2.69. The van der Waals surface area contributed by atoms with Crippen molar-refractivity contribution >= 4 is 0 Å². The maximum Gasteiger partial charge on any atom is 0.240 e. The van der Waals surface area contributed by atoms with Crippen molar-refractivity contribution in [3.63, 3.8) is 0 Å². The van der Waals surface area contributed by atoms with Crippen LogP contribution < -0.4 is 0 Å². The highest BCUT2D eigenvalue weighted by Crippen LogP contribution is 2.15. The molecule has 0 atom stereocenters. The van der Waals surface area contributed by atoms with Gasteiger partial charge in [0.25, 0.3) is 0 Å². The maximum atomic E-state index is 5.31. The maximum absolute atomic E-state index is 5.31. The molecule has 3 aromatic rings. The van der Waals surface area contributed by atoms with Gasteiger partial charge in [-0.1, -0.05) is 36.3 Å². The highest BCUT2D eigenvalue weighted by Gasteiger charge is 2.13. The van der Waals surface area contributed by atoms with E-state index in [2.05, 4.69) is 51.3 Å². The molecule has 132 valence electrons. The fraction of sp³-hybridized carbons (Fsp3) is 0.389. The minimum atomic E-state index is 0.363. The van der Waals surface area contributed by atoms with E-state index in [-0.39, 0.29) is 0 Å². The van der Waals surface area contributed by atoms with E-state index in [0.717, 1.165) is 19.6 Å². The van der Waals surface area contributed by atoms with Crippen LogP contribution in [0.3, 0.4) is 0 Å². The Bertz CT molecular complexity index is 769. The van der Waals surface area contributed by atoms with Gasteiger partial charge >= 0.3 is 0 Å². The third-order valence-electron chi connectivity index (χ3n) is 3.99. The summed E-state index contributed by atoms with van der Waals surface area (Å²) in [5.41, 5.74) is 2.53. The first-order chi connectivity index (χ1) is 12.3. The quantitative estimate of drug-likeness (QED) is 0.595. The molecule has 7 heteroatoms. The summed E-state index contributed by atoms with van der Waals surface area (Å²) in [6, 6.07) is 10.4. The van der Waals surface area contributed by atoms with Crippen LogP contribution in [0.4, 0.5) is 0 Å². The van der Waals surface area contributed by atoms with Crippen molar-refractivity contribution < 1.29 is 9.26 Å². The van der Waals surface area contributed by atoms with Crippen LogP contribution in [0.25, 0.3) is 0 Å². The molecule has 0 spiro atoms. The number of benzene rings is 1. The van der Waals surface area contributed by atoms with Crippen molar-refractivity contribution in [1.29, 1.82) is 0 Å². The normalized spacial score (nSPS) is 11.3. The number of methoxy groups -OCH3 is 1. The summed E-state index contributed by atoms with van der Waals surface area (Å²) < 4.78 is 12.3. The first-order valence-electron chi connectivity index (χ1n) is 8.35. The van der Waals surface area contributed by atoms with Crippen LogP contribution in [0.2, 0.25) is 0 Å². The van der Waals surface area contributed by atoms with Crippen LogP contribution in [-0.2, 0) is 31.0 Å². The Hall–Kier alpha value is -2.51. The Morgan fingerprint density at radius 1 is 1.16 bits per heavy atom. The molecule has 25 heavy (non-hydrogen) atoms. The minimum absolute atomic E-state index is 0.363. The first kappa shape index (κ1) is 17.3. The average molecular weight is 341 g/mol. The molecule has 3 rings (SSSR count). The number of aromatic nitrogens is 4. The number of hydrogen-bond donors (Lipinski definition) is 0.